The molecule has 0 aromatic rings. The smallest absolute Gasteiger partial charge is 0.228 e. The Balaban J connectivity index is 3.48. The highest BCUT2D eigenvalue weighted by Gasteiger charge is 2.03. The van der Waals surface area contributed by atoms with Crippen molar-refractivity contribution in [2.45, 2.75) is 26.7 Å². The number of ketones is 1. The highest BCUT2D eigenvalue weighted by molar-refractivity contribution is 5.96. The number of Topliss-reactive ketones (excluding diaryl/α,β-unsaturated/α-hetero) is 1. The maximum absolute atomic E-state index is 10.8. The Hall–Kier alpha value is -1.39. The van der Waals surface area contributed by atoms with Crippen molar-refractivity contribution in [3.8, 4) is 0 Å². The van der Waals surface area contributed by atoms with Crippen LogP contribution in [-0.4, -0.2) is 24.3 Å². The molecule has 0 aliphatic heterocycles. The molecule has 13 heavy (non-hydrogen) atoms. The number of rotatable bonds is 5. The fraction of sp³-hybridized carbons (Fsp3) is 0.625. The average Bonchev–Trinajstić information content (AvgIpc) is 2.02. The van der Waals surface area contributed by atoms with Gasteiger partial charge in [0.25, 0.3) is 0 Å². The van der Waals surface area contributed by atoms with Crippen molar-refractivity contribution >= 4 is 17.6 Å². The monoisotopic (exact) mass is 186 g/mol. The van der Waals surface area contributed by atoms with Crippen LogP contribution in [0, 0.1) is 0 Å². The van der Waals surface area contributed by atoms with Crippen LogP contribution >= 0.6 is 0 Å². The minimum Gasteiger partial charge on any atom is -0.339 e. The summed E-state index contributed by atoms with van der Waals surface area (Å²) in [5, 5.41) is 4.84. The van der Waals surface area contributed by atoms with Gasteiger partial charge in [0.2, 0.25) is 11.8 Å². The summed E-state index contributed by atoms with van der Waals surface area (Å²) in [6.45, 7) is 3.13. The summed E-state index contributed by atoms with van der Waals surface area (Å²) in [6.07, 6.45) is 0.241. The summed E-state index contributed by atoms with van der Waals surface area (Å²) in [7, 11) is 0. The van der Waals surface area contributed by atoms with Crippen molar-refractivity contribution in [3.05, 3.63) is 0 Å². The minimum atomic E-state index is -0.371. The molecule has 0 aliphatic rings. The Bertz CT molecular complexity index is 213. The number of hydrogen-bond donors (Lipinski definition) is 2. The number of carbonyl (C=O) groups excluding carboxylic acids is 3. The molecule has 0 spiro atoms. The third-order valence-corrected chi connectivity index (χ3v) is 1.30. The van der Waals surface area contributed by atoms with Gasteiger partial charge in [0.15, 0.2) is 0 Å². The normalized spacial score (nSPS) is 9.08. The molecule has 0 unspecified atom stereocenters. The van der Waals surface area contributed by atoms with Gasteiger partial charge in [0, 0.05) is 6.42 Å². The van der Waals surface area contributed by atoms with Gasteiger partial charge in [-0.15, -0.1) is 0 Å². The molecule has 0 aromatic carbocycles. The first-order chi connectivity index (χ1) is 6.06. The summed E-state index contributed by atoms with van der Waals surface area (Å²) < 4.78 is 0. The van der Waals surface area contributed by atoms with Gasteiger partial charge in [-0.2, -0.15) is 0 Å². The summed E-state index contributed by atoms with van der Waals surface area (Å²) >= 11 is 0. The Morgan fingerprint density at radius 1 is 1.08 bits per heavy atom. The first-order valence-corrected chi connectivity index (χ1v) is 4.09. The largest absolute Gasteiger partial charge is 0.339 e. The zero-order valence-electron chi connectivity index (χ0n) is 7.85. The predicted octanol–water partition coefficient (Wildman–Crippen LogP) is -0.435. The van der Waals surface area contributed by atoms with E-state index in [1.54, 1.807) is 6.92 Å². The predicted molar refractivity (Wildman–Crippen MR) is 46.7 cm³/mol. The van der Waals surface area contributed by atoms with Gasteiger partial charge in [-0.25, -0.2) is 0 Å². The Morgan fingerprint density at radius 2 is 1.62 bits per heavy atom. The van der Waals surface area contributed by atoms with E-state index in [0.717, 1.165) is 0 Å². The summed E-state index contributed by atoms with van der Waals surface area (Å²) in [5.41, 5.74) is 0. The number of nitrogens with one attached hydrogen (secondary N) is 2. The third-order valence-electron chi connectivity index (χ3n) is 1.30. The van der Waals surface area contributed by atoms with Gasteiger partial charge in [-0.1, -0.05) is 6.92 Å². The van der Waals surface area contributed by atoms with E-state index in [1.165, 1.54) is 6.92 Å². The second-order valence-corrected chi connectivity index (χ2v) is 2.61. The maximum atomic E-state index is 10.8. The second-order valence-electron chi connectivity index (χ2n) is 2.61. The van der Waals surface area contributed by atoms with Crippen LogP contribution in [0.25, 0.3) is 0 Å². The van der Waals surface area contributed by atoms with E-state index in [9.17, 15) is 14.4 Å². The maximum Gasteiger partial charge on any atom is 0.228 e. The van der Waals surface area contributed by atoms with Crippen LogP contribution < -0.4 is 10.6 Å². The van der Waals surface area contributed by atoms with Crippen LogP contribution in [0.15, 0.2) is 0 Å². The van der Waals surface area contributed by atoms with Crippen LogP contribution in [-0.2, 0) is 14.4 Å². The van der Waals surface area contributed by atoms with Gasteiger partial charge >= 0.3 is 0 Å². The summed E-state index contributed by atoms with van der Waals surface area (Å²) in [5.74, 6) is -0.702. The fourth-order valence-corrected chi connectivity index (χ4v) is 0.655. The van der Waals surface area contributed by atoms with Crippen LogP contribution in [0.1, 0.15) is 26.7 Å². The molecule has 0 radical (unpaired) electrons. The standard InChI is InChI=1S/C8H14N2O3/c1-3-7(12)9-5-10-8(13)4-6(2)11/h3-5H2,1-2H3,(H,9,12)(H,10,13). The van der Waals surface area contributed by atoms with Gasteiger partial charge in [0.05, 0.1) is 13.1 Å². The fourth-order valence-electron chi connectivity index (χ4n) is 0.655. The molecule has 5 nitrogen and oxygen atoms in total. The lowest BCUT2D eigenvalue weighted by atomic mass is 10.3. The molecule has 0 rings (SSSR count). The Kier molecular flexibility index (Phi) is 5.50. The van der Waals surface area contributed by atoms with E-state index < -0.39 is 0 Å². The van der Waals surface area contributed by atoms with Gasteiger partial charge in [-0.05, 0) is 6.92 Å². The van der Waals surface area contributed by atoms with E-state index >= 15 is 0 Å². The molecular weight excluding hydrogens is 172 g/mol. The quantitative estimate of drug-likeness (QED) is 0.451. The number of carbonyl (C=O) groups is 3. The Morgan fingerprint density at radius 3 is 2.08 bits per heavy atom. The van der Waals surface area contributed by atoms with Crippen LogP contribution in [0.5, 0.6) is 0 Å². The molecule has 0 heterocycles. The molecule has 2 N–H and O–H groups in total. The zero-order valence-corrected chi connectivity index (χ0v) is 7.85. The molecular formula is C8H14N2O3. The highest BCUT2D eigenvalue weighted by atomic mass is 16.2. The lowest BCUT2D eigenvalue weighted by Gasteiger charge is -2.04. The molecule has 2 amide bonds. The van der Waals surface area contributed by atoms with Crippen LogP contribution in [0.4, 0.5) is 0 Å². The first-order valence-electron chi connectivity index (χ1n) is 4.09. The molecule has 0 aliphatic carbocycles. The van der Waals surface area contributed by atoms with E-state index in [0.29, 0.717) is 6.42 Å². The van der Waals surface area contributed by atoms with E-state index in [-0.39, 0.29) is 30.7 Å². The van der Waals surface area contributed by atoms with E-state index in [2.05, 4.69) is 10.6 Å². The van der Waals surface area contributed by atoms with Crippen molar-refractivity contribution in [1.29, 1.82) is 0 Å². The third kappa shape index (κ3) is 6.99. The molecule has 74 valence electrons. The Labute approximate surface area is 76.9 Å². The topological polar surface area (TPSA) is 75.3 Å². The van der Waals surface area contributed by atoms with Crippen molar-refractivity contribution < 1.29 is 14.4 Å². The molecule has 0 saturated heterocycles. The van der Waals surface area contributed by atoms with Gasteiger partial charge in [0.1, 0.15) is 5.78 Å². The van der Waals surface area contributed by atoms with Gasteiger partial charge in [-0.3, -0.25) is 14.4 Å². The minimum absolute atomic E-state index is 0.0821. The van der Waals surface area contributed by atoms with Crippen LogP contribution in [0.2, 0.25) is 0 Å². The molecule has 5 heteroatoms. The zero-order chi connectivity index (χ0) is 10.3. The molecule has 0 saturated carbocycles. The van der Waals surface area contributed by atoms with E-state index in [4.69, 9.17) is 0 Å². The number of amides is 2. The highest BCUT2D eigenvalue weighted by Crippen LogP contribution is 1.80. The molecule has 0 atom stereocenters. The average molecular weight is 186 g/mol. The van der Waals surface area contributed by atoms with Crippen molar-refractivity contribution in [1.82, 2.24) is 10.6 Å². The molecule has 0 fully saturated rings. The molecule has 0 aromatic heterocycles. The van der Waals surface area contributed by atoms with Crippen molar-refractivity contribution in [2.75, 3.05) is 6.67 Å². The first kappa shape index (κ1) is 11.6. The van der Waals surface area contributed by atoms with Crippen LogP contribution in [0.3, 0.4) is 0 Å². The number of hydrogen-bond acceptors (Lipinski definition) is 3. The summed E-state index contributed by atoms with van der Waals surface area (Å²) in [4.78, 5) is 32.0. The molecule has 0 bridgehead atoms. The van der Waals surface area contributed by atoms with Crippen molar-refractivity contribution in [3.63, 3.8) is 0 Å². The lowest BCUT2D eigenvalue weighted by molar-refractivity contribution is -0.127. The second kappa shape index (κ2) is 6.16. The van der Waals surface area contributed by atoms with Crippen molar-refractivity contribution in [2.24, 2.45) is 0 Å². The van der Waals surface area contributed by atoms with E-state index in [1.807, 2.05) is 0 Å². The van der Waals surface area contributed by atoms with Gasteiger partial charge < -0.3 is 10.6 Å². The lowest BCUT2D eigenvalue weighted by Crippen LogP contribution is -2.37. The summed E-state index contributed by atoms with van der Waals surface area (Å²) in [6, 6.07) is 0. The SMILES string of the molecule is CCC(=O)NCNC(=O)CC(C)=O.